The number of Topliss-reactive ketones (excluding diaryl/α,β-unsaturated/α-hetero) is 1. The van der Waals surface area contributed by atoms with Gasteiger partial charge in [-0.25, -0.2) is 0 Å². The second-order valence-electron chi connectivity index (χ2n) is 9.44. The van der Waals surface area contributed by atoms with E-state index in [2.05, 4.69) is 30.4 Å². The molecule has 0 amide bonds. The number of rotatable bonds is 0. The maximum Gasteiger partial charge on any atom is 0.144 e. The van der Waals surface area contributed by atoms with E-state index in [0.717, 1.165) is 18.8 Å². The van der Waals surface area contributed by atoms with Gasteiger partial charge in [0, 0.05) is 17.8 Å². The van der Waals surface area contributed by atoms with Crippen molar-refractivity contribution in [3.8, 4) is 0 Å². The summed E-state index contributed by atoms with van der Waals surface area (Å²) in [7, 11) is 0. The second kappa shape index (κ2) is 4.50. The Kier molecular flexibility index (Phi) is 2.46. The maximum absolute atomic E-state index is 12.9. The van der Waals surface area contributed by atoms with Crippen LogP contribution in [0.3, 0.4) is 0 Å². The van der Waals surface area contributed by atoms with Crippen LogP contribution in [0.15, 0.2) is 40.5 Å². The fourth-order valence-corrected chi connectivity index (χ4v) is 7.75. The largest absolute Gasteiger partial charge is 0.299 e. The SMILES string of the molecule is O=C1CCC2=C3C=c4cccc(c4=CC13)C1CCCC3=C1C1CCC23C1. The highest BCUT2D eigenvalue weighted by atomic mass is 16.1. The van der Waals surface area contributed by atoms with Crippen LogP contribution in [0.2, 0.25) is 0 Å². The Morgan fingerprint density at radius 1 is 1.04 bits per heavy atom. The van der Waals surface area contributed by atoms with Gasteiger partial charge in [-0.05, 0) is 72.4 Å². The molecule has 1 aromatic rings. The number of hydrogen-bond donors (Lipinski definition) is 0. The fraction of sp³-hybridized carbons (Fsp3) is 0.480. The Morgan fingerprint density at radius 2 is 2.00 bits per heavy atom. The number of fused-ring (bicyclic) bond motifs is 1. The smallest absolute Gasteiger partial charge is 0.144 e. The van der Waals surface area contributed by atoms with Crippen molar-refractivity contribution >= 4 is 17.9 Å². The molecule has 0 heterocycles. The third-order valence-corrected chi connectivity index (χ3v) is 8.60. The van der Waals surface area contributed by atoms with Crippen molar-refractivity contribution in [3.63, 3.8) is 0 Å². The molecule has 26 heavy (non-hydrogen) atoms. The molecule has 0 radical (unpaired) electrons. The Balaban J connectivity index is 1.70. The Bertz CT molecular complexity index is 1080. The molecular formula is C25H24O. The van der Waals surface area contributed by atoms with Crippen LogP contribution in [0.1, 0.15) is 62.8 Å². The first-order valence-corrected chi connectivity index (χ1v) is 10.6. The first kappa shape index (κ1) is 14.2. The average molecular weight is 340 g/mol. The van der Waals surface area contributed by atoms with Crippen molar-refractivity contribution in [3.05, 3.63) is 56.5 Å². The van der Waals surface area contributed by atoms with E-state index in [0.29, 0.717) is 17.1 Å². The summed E-state index contributed by atoms with van der Waals surface area (Å²) in [5.41, 5.74) is 8.59. The zero-order valence-electron chi connectivity index (χ0n) is 15.2. The van der Waals surface area contributed by atoms with Crippen LogP contribution in [0, 0.1) is 17.3 Å². The Labute approximate surface area is 154 Å². The van der Waals surface area contributed by atoms with Gasteiger partial charge in [0.25, 0.3) is 0 Å². The molecule has 1 heteroatoms. The van der Waals surface area contributed by atoms with Crippen LogP contribution >= 0.6 is 0 Å². The zero-order chi connectivity index (χ0) is 17.0. The van der Waals surface area contributed by atoms with Crippen molar-refractivity contribution in [1.82, 2.24) is 0 Å². The van der Waals surface area contributed by atoms with Crippen LogP contribution in [0.5, 0.6) is 0 Å². The normalized spacial score (nSPS) is 38.5. The van der Waals surface area contributed by atoms with Gasteiger partial charge in [-0.3, -0.25) is 4.79 Å². The number of carbonyl (C=O) groups excluding carboxylic acids is 1. The summed E-state index contributed by atoms with van der Waals surface area (Å²) in [6.07, 6.45) is 14.6. The summed E-state index contributed by atoms with van der Waals surface area (Å²) >= 11 is 0. The molecule has 1 fully saturated rings. The molecule has 7 aliphatic carbocycles. The third kappa shape index (κ3) is 1.46. The number of allylic oxidation sites excluding steroid dienone is 4. The molecule has 0 N–H and O–H groups in total. The van der Waals surface area contributed by atoms with Gasteiger partial charge in [0.2, 0.25) is 0 Å². The first-order valence-electron chi connectivity index (χ1n) is 10.6. The Morgan fingerprint density at radius 3 is 2.96 bits per heavy atom. The molecule has 4 atom stereocenters. The lowest BCUT2D eigenvalue weighted by Crippen LogP contribution is -2.41. The lowest BCUT2D eigenvalue weighted by Gasteiger charge is -2.43. The van der Waals surface area contributed by atoms with Crippen molar-refractivity contribution in [2.45, 2.75) is 57.3 Å². The summed E-state index contributed by atoms with van der Waals surface area (Å²) in [5.74, 6) is 1.91. The van der Waals surface area contributed by atoms with Gasteiger partial charge in [0.15, 0.2) is 0 Å². The minimum atomic E-state index is 0.0318. The molecule has 0 aromatic heterocycles. The van der Waals surface area contributed by atoms with Crippen molar-refractivity contribution in [1.29, 1.82) is 0 Å². The highest BCUT2D eigenvalue weighted by Gasteiger charge is 2.56. The monoisotopic (exact) mass is 340 g/mol. The number of ketones is 1. The molecule has 0 saturated heterocycles. The topological polar surface area (TPSA) is 17.1 Å². The predicted octanol–water partition coefficient (Wildman–Crippen LogP) is 3.91. The quantitative estimate of drug-likeness (QED) is 0.654. The number of hydrogen-bond acceptors (Lipinski definition) is 1. The molecule has 1 spiro atoms. The van der Waals surface area contributed by atoms with E-state index in [1.54, 1.807) is 5.57 Å². The van der Waals surface area contributed by atoms with E-state index >= 15 is 0 Å². The lowest BCUT2D eigenvalue weighted by atomic mass is 9.61. The molecule has 4 unspecified atom stereocenters. The van der Waals surface area contributed by atoms with Crippen LogP contribution in [-0.4, -0.2) is 5.78 Å². The number of benzene rings is 1. The first-order chi connectivity index (χ1) is 12.8. The van der Waals surface area contributed by atoms with Gasteiger partial charge < -0.3 is 0 Å². The molecule has 1 saturated carbocycles. The second-order valence-corrected chi connectivity index (χ2v) is 9.44. The zero-order valence-corrected chi connectivity index (χ0v) is 15.2. The van der Waals surface area contributed by atoms with Gasteiger partial charge in [-0.15, -0.1) is 0 Å². The summed E-state index contributed by atoms with van der Waals surface area (Å²) in [4.78, 5) is 12.9. The minimum absolute atomic E-state index is 0.0318. The molecular weight excluding hydrogens is 316 g/mol. The van der Waals surface area contributed by atoms with Gasteiger partial charge in [0.1, 0.15) is 5.78 Å². The van der Waals surface area contributed by atoms with Crippen LogP contribution < -0.4 is 10.4 Å². The van der Waals surface area contributed by atoms with Crippen molar-refractivity contribution < 1.29 is 4.79 Å². The van der Waals surface area contributed by atoms with Gasteiger partial charge in [-0.1, -0.05) is 47.1 Å². The summed E-state index contributed by atoms with van der Waals surface area (Å²) in [5, 5.41) is 2.75. The summed E-state index contributed by atoms with van der Waals surface area (Å²) in [6, 6.07) is 6.89. The van der Waals surface area contributed by atoms with Gasteiger partial charge in [0.05, 0.1) is 5.92 Å². The van der Waals surface area contributed by atoms with Crippen molar-refractivity contribution in [2.24, 2.45) is 17.3 Å². The summed E-state index contributed by atoms with van der Waals surface area (Å²) < 4.78 is 0. The van der Waals surface area contributed by atoms with Gasteiger partial charge >= 0.3 is 0 Å². The van der Waals surface area contributed by atoms with E-state index in [-0.39, 0.29) is 5.92 Å². The molecule has 11 bridgehead atoms. The molecule has 130 valence electrons. The van der Waals surface area contributed by atoms with E-state index in [1.807, 2.05) is 11.1 Å². The Hall–Kier alpha value is -1.89. The minimum Gasteiger partial charge on any atom is -0.299 e. The van der Waals surface area contributed by atoms with E-state index in [1.165, 1.54) is 60.1 Å². The highest BCUT2D eigenvalue weighted by Crippen LogP contribution is 2.68. The lowest BCUT2D eigenvalue weighted by molar-refractivity contribution is -0.120. The highest BCUT2D eigenvalue weighted by molar-refractivity contribution is 5.95. The molecule has 1 aromatic carbocycles. The average Bonchev–Trinajstić information content (AvgIpc) is 3.24. The molecule has 8 rings (SSSR count). The van der Waals surface area contributed by atoms with Crippen molar-refractivity contribution in [2.75, 3.05) is 0 Å². The third-order valence-electron chi connectivity index (χ3n) is 8.60. The van der Waals surface area contributed by atoms with Gasteiger partial charge in [-0.2, -0.15) is 0 Å². The number of carbonyl (C=O) groups is 1. The predicted molar refractivity (Wildman–Crippen MR) is 103 cm³/mol. The molecule has 0 aliphatic heterocycles. The fourth-order valence-electron chi connectivity index (χ4n) is 7.75. The van der Waals surface area contributed by atoms with E-state index in [4.69, 9.17) is 0 Å². The summed E-state index contributed by atoms with van der Waals surface area (Å²) in [6.45, 7) is 0. The van der Waals surface area contributed by atoms with E-state index in [9.17, 15) is 4.79 Å². The molecule has 1 nitrogen and oxygen atoms in total. The van der Waals surface area contributed by atoms with E-state index < -0.39 is 0 Å². The van der Waals surface area contributed by atoms with Crippen LogP contribution in [0.4, 0.5) is 0 Å². The van der Waals surface area contributed by atoms with Crippen LogP contribution in [-0.2, 0) is 4.79 Å². The standard InChI is InChI=1S/C25H24O/c26-23-8-7-21-19-11-14-3-1-4-16(18(14)12-20(19)23)17-5-2-6-22-24(17)15-9-10-25(21,22)13-15/h1,3-4,11-12,15,17,20H,2,5-10,13H2. The molecule has 7 aliphatic rings. The maximum atomic E-state index is 12.9. The van der Waals surface area contributed by atoms with Crippen LogP contribution in [0.25, 0.3) is 12.2 Å².